The third-order valence-electron chi connectivity index (χ3n) is 14.9. The highest BCUT2D eigenvalue weighted by Gasteiger charge is 2.30. The Morgan fingerprint density at radius 1 is 0.321 bits per heavy atom. The molecule has 19 heteroatoms. The lowest BCUT2D eigenvalue weighted by Crippen LogP contribution is -2.30. The SMILES string of the molecule is CCCCCCCCCC(=O)OC[C@H](COP(=O)(O)OC[C@H](O)COP(=O)(O)OC[C@@H](COC(=O)CCCCCCCCCCCC(C)C)OC(=O)CCCCCCCCCCCCC(C)C)OC(=O)CCCCCCCCCCCC(C)C. The second-order valence-corrected chi connectivity index (χ2v) is 27.8. The molecular weight excluding hydrogens is 1110 g/mol. The Balaban J connectivity index is 5.23. The van der Waals surface area contributed by atoms with Gasteiger partial charge in [-0.15, -0.1) is 0 Å². The molecule has 2 unspecified atom stereocenters. The Morgan fingerprint density at radius 2 is 0.548 bits per heavy atom. The fourth-order valence-electron chi connectivity index (χ4n) is 9.66. The van der Waals surface area contributed by atoms with Gasteiger partial charge in [0.05, 0.1) is 26.4 Å². The van der Waals surface area contributed by atoms with Crippen molar-refractivity contribution in [2.75, 3.05) is 39.6 Å². The van der Waals surface area contributed by atoms with Crippen LogP contribution in [0.4, 0.5) is 0 Å². The van der Waals surface area contributed by atoms with Crippen LogP contribution in [0.25, 0.3) is 0 Å². The van der Waals surface area contributed by atoms with Gasteiger partial charge in [0.1, 0.15) is 19.3 Å². The molecule has 17 nitrogen and oxygen atoms in total. The van der Waals surface area contributed by atoms with Crippen LogP contribution >= 0.6 is 15.6 Å². The molecule has 0 fully saturated rings. The van der Waals surface area contributed by atoms with Crippen molar-refractivity contribution in [2.45, 2.75) is 336 Å². The van der Waals surface area contributed by atoms with E-state index in [4.69, 9.17) is 37.0 Å². The Labute approximate surface area is 511 Å². The van der Waals surface area contributed by atoms with Crippen LogP contribution in [0.1, 0.15) is 318 Å². The second kappa shape index (κ2) is 56.3. The summed E-state index contributed by atoms with van der Waals surface area (Å²) in [4.78, 5) is 72.2. The van der Waals surface area contributed by atoms with Crippen LogP contribution in [0.3, 0.4) is 0 Å². The molecule has 0 spiro atoms. The van der Waals surface area contributed by atoms with Crippen molar-refractivity contribution in [3.05, 3.63) is 0 Å². The second-order valence-electron chi connectivity index (χ2n) is 24.9. The minimum atomic E-state index is -4.95. The monoisotopic (exact) mass is 1240 g/mol. The van der Waals surface area contributed by atoms with E-state index in [9.17, 15) is 43.2 Å². The van der Waals surface area contributed by atoms with Crippen LogP contribution in [0.15, 0.2) is 0 Å². The lowest BCUT2D eigenvalue weighted by Gasteiger charge is -2.21. The van der Waals surface area contributed by atoms with Crippen LogP contribution in [0.2, 0.25) is 0 Å². The molecule has 0 aliphatic rings. The number of rotatable bonds is 63. The van der Waals surface area contributed by atoms with Gasteiger partial charge in [0.2, 0.25) is 0 Å². The molecule has 0 aromatic rings. The van der Waals surface area contributed by atoms with E-state index < -0.39 is 97.5 Å². The van der Waals surface area contributed by atoms with Crippen molar-refractivity contribution in [3.8, 4) is 0 Å². The minimum Gasteiger partial charge on any atom is -0.462 e. The summed E-state index contributed by atoms with van der Waals surface area (Å²) in [6.45, 7) is 11.7. The van der Waals surface area contributed by atoms with Gasteiger partial charge in [-0.05, 0) is 43.4 Å². The van der Waals surface area contributed by atoms with Crippen LogP contribution < -0.4 is 0 Å². The molecule has 0 saturated carbocycles. The number of carbonyl (C=O) groups is 4. The van der Waals surface area contributed by atoms with E-state index in [0.29, 0.717) is 25.7 Å². The van der Waals surface area contributed by atoms with Gasteiger partial charge in [-0.3, -0.25) is 37.3 Å². The predicted molar refractivity (Wildman–Crippen MR) is 335 cm³/mol. The molecule has 0 amide bonds. The Hall–Kier alpha value is -1.94. The summed E-state index contributed by atoms with van der Waals surface area (Å²) >= 11 is 0. The van der Waals surface area contributed by atoms with Gasteiger partial charge in [-0.25, -0.2) is 9.13 Å². The fraction of sp³-hybridized carbons (Fsp3) is 0.938. The number of esters is 4. The summed E-state index contributed by atoms with van der Waals surface area (Å²) in [6, 6.07) is 0. The zero-order chi connectivity index (χ0) is 62.4. The van der Waals surface area contributed by atoms with Crippen molar-refractivity contribution in [1.29, 1.82) is 0 Å². The number of unbranched alkanes of at least 4 members (excludes halogenated alkanes) is 31. The molecule has 0 heterocycles. The number of hydrogen-bond donors (Lipinski definition) is 3. The van der Waals surface area contributed by atoms with Crippen LogP contribution in [0.5, 0.6) is 0 Å². The van der Waals surface area contributed by atoms with E-state index in [1.807, 2.05) is 0 Å². The summed E-state index contributed by atoms with van der Waals surface area (Å²) in [5, 5.41) is 10.5. The van der Waals surface area contributed by atoms with Gasteiger partial charge in [-0.2, -0.15) is 0 Å². The zero-order valence-electron chi connectivity index (χ0n) is 54.4. The van der Waals surface area contributed by atoms with Gasteiger partial charge >= 0.3 is 39.5 Å². The standard InChI is InChI=1S/C65H126O17P2/c1-8-9-10-11-22-32-39-46-62(67)75-52-60(81-65(70)49-42-35-28-21-15-18-25-31-38-45-58(6)7)54-79-83(71,72)77-50-59(66)51-78-84(73,74)80-55-61(53-76-63(68)47-40-33-26-20-14-17-24-30-37-44-57(4)5)82-64(69)48-41-34-27-19-13-12-16-23-29-36-43-56(2)3/h56-61,66H,8-55H2,1-7H3,(H,71,72)(H,73,74)/t59-,60+,61+/m0/s1. The normalized spacial score (nSPS) is 14.3. The Morgan fingerprint density at radius 3 is 0.810 bits per heavy atom. The van der Waals surface area contributed by atoms with E-state index >= 15 is 0 Å². The molecule has 0 aliphatic heterocycles. The Kier molecular flexibility index (Phi) is 55.0. The molecule has 0 aromatic heterocycles. The zero-order valence-corrected chi connectivity index (χ0v) is 56.1. The quantitative estimate of drug-likeness (QED) is 0.0222. The average molecular weight is 1240 g/mol. The van der Waals surface area contributed by atoms with Crippen LogP contribution in [-0.4, -0.2) is 96.7 Å². The molecule has 0 bridgehead atoms. The molecule has 0 aliphatic carbocycles. The van der Waals surface area contributed by atoms with E-state index in [-0.39, 0.29) is 25.7 Å². The maximum atomic E-state index is 13.0. The highest BCUT2D eigenvalue weighted by Crippen LogP contribution is 2.45. The van der Waals surface area contributed by atoms with Crippen molar-refractivity contribution >= 4 is 39.5 Å². The number of aliphatic hydroxyl groups is 1. The van der Waals surface area contributed by atoms with Gasteiger partial charge < -0.3 is 33.8 Å². The molecule has 0 radical (unpaired) electrons. The first-order chi connectivity index (χ1) is 40.2. The van der Waals surface area contributed by atoms with Gasteiger partial charge in [0, 0.05) is 25.7 Å². The summed E-state index contributed by atoms with van der Waals surface area (Å²) in [6.07, 6.45) is 37.7. The highest BCUT2D eigenvalue weighted by atomic mass is 31.2. The summed E-state index contributed by atoms with van der Waals surface area (Å²) < 4.78 is 68.0. The molecule has 0 aromatic carbocycles. The van der Waals surface area contributed by atoms with Crippen molar-refractivity contribution in [2.24, 2.45) is 17.8 Å². The Bertz CT molecular complexity index is 1660. The highest BCUT2D eigenvalue weighted by molar-refractivity contribution is 7.47. The summed E-state index contributed by atoms with van der Waals surface area (Å²) in [5.74, 6) is 0.0942. The minimum absolute atomic E-state index is 0.104. The number of phosphoric acid groups is 2. The lowest BCUT2D eigenvalue weighted by molar-refractivity contribution is -0.161. The number of carbonyl (C=O) groups excluding carboxylic acids is 4. The van der Waals surface area contributed by atoms with E-state index in [1.165, 1.54) is 116 Å². The maximum Gasteiger partial charge on any atom is 0.472 e. The first kappa shape index (κ1) is 82.1. The molecule has 0 rings (SSSR count). The maximum absolute atomic E-state index is 13.0. The summed E-state index contributed by atoms with van der Waals surface area (Å²) in [7, 11) is -9.89. The van der Waals surface area contributed by atoms with Gasteiger partial charge in [0.25, 0.3) is 0 Å². The summed E-state index contributed by atoms with van der Waals surface area (Å²) in [5.41, 5.74) is 0. The largest absolute Gasteiger partial charge is 0.472 e. The molecule has 0 saturated heterocycles. The lowest BCUT2D eigenvalue weighted by atomic mass is 10.0. The topological polar surface area (TPSA) is 237 Å². The van der Waals surface area contributed by atoms with Crippen LogP contribution in [0, 0.1) is 17.8 Å². The number of hydrogen-bond acceptors (Lipinski definition) is 15. The molecule has 498 valence electrons. The molecular formula is C65H126O17P2. The average Bonchev–Trinajstić information content (AvgIpc) is 3.56. The molecule has 84 heavy (non-hydrogen) atoms. The van der Waals surface area contributed by atoms with E-state index in [1.54, 1.807) is 0 Å². The fourth-order valence-corrected chi connectivity index (χ4v) is 11.2. The van der Waals surface area contributed by atoms with Crippen molar-refractivity contribution in [1.82, 2.24) is 0 Å². The van der Waals surface area contributed by atoms with Gasteiger partial charge in [-0.1, -0.05) is 267 Å². The van der Waals surface area contributed by atoms with Crippen molar-refractivity contribution < 1.29 is 80.2 Å². The number of aliphatic hydroxyl groups excluding tert-OH is 1. The van der Waals surface area contributed by atoms with Gasteiger partial charge in [0.15, 0.2) is 12.2 Å². The first-order valence-electron chi connectivity index (χ1n) is 33.8. The van der Waals surface area contributed by atoms with Crippen LogP contribution in [-0.2, 0) is 65.4 Å². The molecule has 3 N–H and O–H groups in total. The predicted octanol–water partition coefficient (Wildman–Crippen LogP) is 17.9. The van der Waals surface area contributed by atoms with Crippen molar-refractivity contribution in [3.63, 3.8) is 0 Å². The van der Waals surface area contributed by atoms with E-state index in [2.05, 4.69) is 48.5 Å². The smallest absolute Gasteiger partial charge is 0.462 e. The third kappa shape index (κ3) is 59.0. The molecule has 5 atom stereocenters. The third-order valence-corrected chi connectivity index (χ3v) is 16.8. The van der Waals surface area contributed by atoms with E-state index in [0.717, 1.165) is 120 Å². The number of ether oxygens (including phenoxy) is 4. The number of phosphoric ester groups is 2. The first-order valence-corrected chi connectivity index (χ1v) is 36.8.